The van der Waals surface area contributed by atoms with Crippen LogP contribution in [0.5, 0.6) is 0 Å². The van der Waals surface area contributed by atoms with Gasteiger partial charge in [-0.15, -0.1) is 0 Å². The van der Waals surface area contributed by atoms with Gasteiger partial charge in [0.1, 0.15) is 0 Å². The fraction of sp³-hybridized carbons (Fsp3) is 0. The molecular weight excluding hydrogens is 63.6 g/mol. The average Bonchev–Trinajstić information content (AvgIpc) is 1.41. The van der Waals surface area contributed by atoms with E-state index < -0.39 is 0 Å². The average molecular weight is 68.7 g/mol. The van der Waals surface area contributed by atoms with E-state index in [1.54, 1.807) is 0 Å². The van der Waals surface area contributed by atoms with Crippen LogP contribution in [0, 0.1) is 0 Å². The molecule has 0 saturated heterocycles. The summed E-state index contributed by atoms with van der Waals surface area (Å²) in [5, 5.41) is 2.43. The Morgan fingerprint density at radius 1 is 2.00 bits per heavy atom. The zero-order chi connectivity index (χ0) is 4.12. The van der Waals surface area contributed by atoms with Crippen LogP contribution >= 0.6 is 0 Å². The highest BCUT2D eigenvalue weighted by molar-refractivity contribution is 6.88. The van der Waals surface area contributed by atoms with Crippen molar-refractivity contribution in [2.75, 3.05) is 0 Å². The van der Waals surface area contributed by atoms with Crippen molar-refractivity contribution in [3.63, 3.8) is 0 Å². The van der Waals surface area contributed by atoms with E-state index in [-0.39, 0.29) is 0 Å². The van der Waals surface area contributed by atoms with Crippen molar-refractivity contribution in [2.24, 2.45) is 0 Å². The topological polar surface area (TPSA) is 29.1 Å². The van der Waals surface area contributed by atoms with E-state index in [1.165, 1.54) is 0 Å². The van der Waals surface area contributed by atoms with Crippen LogP contribution in [-0.2, 0) is 4.79 Å². The van der Waals surface area contributed by atoms with Crippen LogP contribution in [0.25, 0.3) is 0 Å². The highest BCUT2D eigenvalue weighted by atomic mass is 16.1. The monoisotopic (exact) mass is 69.1 g/mol. The molecule has 0 saturated carbocycles. The largest absolute Gasteiger partial charge is 0.413 e. The normalized spacial score (nSPS) is 5.60. The van der Waals surface area contributed by atoms with Gasteiger partial charge in [0.25, 0.3) is 0 Å². The third-order valence-corrected chi connectivity index (χ3v) is 0.287. The summed E-state index contributed by atoms with van der Waals surface area (Å²) in [6.45, 7) is 0. The van der Waals surface area contributed by atoms with Gasteiger partial charge in [-0.05, 0) is 0 Å². The van der Waals surface area contributed by atoms with Crippen LogP contribution in [0.15, 0.2) is 0 Å². The van der Waals surface area contributed by atoms with E-state index >= 15 is 0 Å². The molecule has 0 aliphatic heterocycles. The van der Waals surface area contributed by atoms with Crippen molar-refractivity contribution in [1.82, 2.24) is 5.23 Å². The summed E-state index contributed by atoms with van der Waals surface area (Å²) in [5.41, 5.74) is 0. The molecule has 0 fully saturated rings. The number of carbonyl (C=O) groups is 1. The Kier molecular flexibility index (Phi) is 3.31. The molecule has 0 aromatic rings. The molecule has 0 aliphatic carbocycles. The minimum Gasteiger partial charge on any atom is -0.413 e. The van der Waals surface area contributed by atoms with Crippen molar-refractivity contribution in [1.29, 1.82) is 0 Å². The first-order chi connectivity index (χ1) is 2.41. The summed E-state index contributed by atoms with van der Waals surface area (Å²) in [6.07, 6.45) is 0.681. The Hall–Kier alpha value is -0.400. The maximum absolute atomic E-state index is 9.29. The molecule has 4 heteroatoms. The van der Waals surface area contributed by atoms with Gasteiger partial charge in [-0.1, -0.05) is 0 Å². The summed E-state index contributed by atoms with van der Waals surface area (Å²) < 4.78 is 0. The second-order valence-electron chi connectivity index (χ2n) is 0.676. The van der Waals surface area contributed by atoms with E-state index in [2.05, 4.69) is 5.23 Å². The van der Waals surface area contributed by atoms with Crippen molar-refractivity contribution in [2.45, 2.75) is 0 Å². The zero-order valence-corrected chi connectivity index (χ0v) is 3.19. The molecular formula is CH5B2NO. The minimum absolute atomic E-state index is 0.681. The SMILES string of the molecule is BBNC=O. The summed E-state index contributed by atoms with van der Waals surface area (Å²) in [7, 11) is 2.60. The van der Waals surface area contributed by atoms with Gasteiger partial charge in [0.05, 0.1) is 7.74 Å². The quantitative estimate of drug-likeness (QED) is 0.285. The highest BCUT2D eigenvalue weighted by Crippen LogP contribution is 1.22. The van der Waals surface area contributed by atoms with E-state index in [1.807, 2.05) is 7.74 Å². The predicted octanol–water partition coefficient (Wildman–Crippen LogP) is -2.37. The molecule has 2 nitrogen and oxygen atoms in total. The first kappa shape index (κ1) is 4.60. The van der Waals surface area contributed by atoms with Crippen molar-refractivity contribution in [3.8, 4) is 0 Å². The van der Waals surface area contributed by atoms with Crippen molar-refractivity contribution >= 4 is 21.5 Å². The molecule has 0 spiro atoms. The lowest BCUT2D eigenvalue weighted by molar-refractivity contribution is -0.108. The van der Waals surface area contributed by atoms with E-state index in [0.717, 1.165) is 7.31 Å². The Labute approximate surface area is 32.6 Å². The Morgan fingerprint density at radius 2 is 2.60 bits per heavy atom. The van der Waals surface area contributed by atoms with Crippen LogP contribution in [-0.4, -0.2) is 21.5 Å². The van der Waals surface area contributed by atoms with Gasteiger partial charge in [0, 0.05) is 0 Å². The summed E-state index contributed by atoms with van der Waals surface area (Å²) >= 11 is 0. The second kappa shape index (κ2) is 3.60. The van der Waals surface area contributed by atoms with E-state index in [9.17, 15) is 4.79 Å². The maximum Gasteiger partial charge on any atom is 0.194 e. The number of nitrogens with one attached hydrogen (secondary N) is 1. The summed E-state index contributed by atoms with van der Waals surface area (Å²) in [6, 6.07) is 0. The molecule has 0 aliphatic rings. The molecule has 1 N–H and O–H groups in total. The van der Waals surface area contributed by atoms with Gasteiger partial charge >= 0.3 is 0 Å². The van der Waals surface area contributed by atoms with Crippen LogP contribution in [0.3, 0.4) is 0 Å². The third-order valence-electron chi connectivity index (χ3n) is 0.287. The van der Waals surface area contributed by atoms with Crippen LogP contribution in [0.4, 0.5) is 0 Å². The van der Waals surface area contributed by atoms with Gasteiger partial charge in [-0.3, -0.25) is 4.79 Å². The first-order valence-electron chi connectivity index (χ1n) is 1.59. The fourth-order valence-corrected chi connectivity index (χ4v) is 0.0833. The maximum atomic E-state index is 9.29. The Balaban J connectivity index is 2.40. The van der Waals surface area contributed by atoms with Crippen LogP contribution < -0.4 is 5.23 Å². The number of hydrogen-bond acceptors (Lipinski definition) is 1. The fourth-order valence-electron chi connectivity index (χ4n) is 0.0833. The lowest BCUT2D eigenvalue weighted by Crippen LogP contribution is -2.15. The Morgan fingerprint density at radius 3 is 2.60 bits per heavy atom. The summed E-state index contributed by atoms with van der Waals surface area (Å²) in [5.74, 6) is 0. The van der Waals surface area contributed by atoms with Crippen LogP contribution in [0.1, 0.15) is 0 Å². The summed E-state index contributed by atoms with van der Waals surface area (Å²) in [4.78, 5) is 9.29. The van der Waals surface area contributed by atoms with Crippen LogP contribution in [0.2, 0.25) is 0 Å². The minimum atomic E-state index is 0.681. The smallest absolute Gasteiger partial charge is 0.194 e. The lowest BCUT2D eigenvalue weighted by Gasteiger charge is -1.75. The Bertz CT molecular complexity index is 30.8. The van der Waals surface area contributed by atoms with Crippen molar-refractivity contribution < 1.29 is 4.79 Å². The molecule has 1 amide bonds. The number of rotatable bonds is 2. The van der Waals surface area contributed by atoms with E-state index in [0.29, 0.717) is 6.41 Å². The highest BCUT2D eigenvalue weighted by Gasteiger charge is 1.65. The van der Waals surface area contributed by atoms with Gasteiger partial charge in [0.2, 0.25) is 0 Å². The number of hydrogen-bond donors (Lipinski definition) is 1. The molecule has 26 valence electrons. The molecule has 0 unspecified atom stereocenters. The number of amides is 1. The predicted molar refractivity (Wildman–Crippen MR) is 24.9 cm³/mol. The van der Waals surface area contributed by atoms with Gasteiger partial charge in [-0.25, -0.2) is 0 Å². The molecule has 0 bridgehead atoms. The van der Waals surface area contributed by atoms with Gasteiger partial charge < -0.3 is 5.23 Å². The zero-order valence-electron chi connectivity index (χ0n) is 3.19. The molecule has 0 atom stereocenters. The first-order valence-corrected chi connectivity index (χ1v) is 1.59. The molecule has 0 aromatic carbocycles. The van der Waals surface area contributed by atoms with Crippen molar-refractivity contribution in [3.05, 3.63) is 0 Å². The molecule has 0 radical (unpaired) electrons. The third kappa shape index (κ3) is 3.60. The molecule has 0 heterocycles. The standard InChI is InChI=1S/CH5B2NO/c2-3-4-1-5/h1,3H,2H2,(H,4,5). The number of carbonyl (C=O) groups excluding carboxylic acids is 1. The second-order valence-corrected chi connectivity index (χ2v) is 0.676. The molecule has 0 rings (SSSR count). The van der Waals surface area contributed by atoms with Gasteiger partial charge in [0.15, 0.2) is 13.7 Å². The molecule has 5 heavy (non-hydrogen) atoms. The van der Waals surface area contributed by atoms with E-state index in [4.69, 9.17) is 0 Å². The van der Waals surface area contributed by atoms with Gasteiger partial charge in [-0.2, -0.15) is 0 Å². The molecule has 0 aromatic heterocycles. The lowest BCUT2D eigenvalue weighted by atomic mass is 9.68.